The van der Waals surface area contributed by atoms with E-state index in [-0.39, 0.29) is 11.8 Å². The van der Waals surface area contributed by atoms with Gasteiger partial charge in [-0.25, -0.2) is 4.98 Å². The van der Waals surface area contributed by atoms with E-state index in [1.165, 1.54) is 6.39 Å². The van der Waals surface area contributed by atoms with Crippen molar-refractivity contribution in [2.24, 2.45) is 10.9 Å². The number of hydrogen-bond donors (Lipinski definition) is 1. The predicted molar refractivity (Wildman–Crippen MR) is 160 cm³/mol. The van der Waals surface area contributed by atoms with Gasteiger partial charge in [-0.1, -0.05) is 36.4 Å². The third-order valence-electron chi connectivity index (χ3n) is 7.68. The lowest BCUT2D eigenvalue weighted by atomic mass is 9.84. The lowest BCUT2D eigenvalue weighted by molar-refractivity contribution is -0.118. The number of hydrogen-bond acceptors (Lipinski definition) is 8. The molecule has 0 bridgehead atoms. The molecule has 1 unspecified atom stereocenters. The van der Waals surface area contributed by atoms with Crippen molar-refractivity contribution in [3.05, 3.63) is 96.5 Å². The Labute approximate surface area is 241 Å². The van der Waals surface area contributed by atoms with Gasteiger partial charge in [0, 0.05) is 24.1 Å². The summed E-state index contributed by atoms with van der Waals surface area (Å²) in [4.78, 5) is 22.6. The molecule has 2 aliphatic rings. The van der Waals surface area contributed by atoms with Crippen molar-refractivity contribution in [2.45, 2.75) is 19.3 Å². The zero-order valence-electron chi connectivity index (χ0n) is 22.9. The van der Waals surface area contributed by atoms with E-state index in [0.717, 1.165) is 50.9 Å². The molecule has 7 rings (SSSR count). The number of pyridine rings is 1. The van der Waals surface area contributed by atoms with Gasteiger partial charge >= 0.3 is 0 Å². The minimum Gasteiger partial charge on any atom is -0.496 e. The van der Waals surface area contributed by atoms with E-state index in [4.69, 9.17) is 18.9 Å². The van der Waals surface area contributed by atoms with Crippen molar-refractivity contribution < 1.29 is 18.7 Å². The van der Waals surface area contributed by atoms with Crippen molar-refractivity contribution >= 4 is 39.3 Å². The number of rotatable bonds is 7. The zero-order chi connectivity index (χ0) is 28.5. The summed E-state index contributed by atoms with van der Waals surface area (Å²) < 4.78 is 16.9. The van der Waals surface area contributed by atoms with E-state index in [1.807, 2.05) is 79.0 Å². The number of nitrogens with one attached hydrogen (secondary N) is 1. The van der Waals surface area contributed by atoms with Crippen LogP contribution in [0.3, 0.4) is 0 Å². The van der Waals surface area contributed by atoms with Crippen molar-refractivity contribution in [1.82, 2.24) is 15.2 Å². The largest absolute Gasteiger partial charge is 0.496 e. The second kappa shape index (κ2) is 10.9. The Hall–Kier alpha value is -5.31. The number of benzene rings is 3. The monoisotopic (exact) mass is 557 g/mol. The van der Waals surface area contributed by atoms with Crippen molar-refractivity contribution in [2.75, 3.05) is 19.0 Å². The molecule has 1 amide bonds. The van der Waals surface area contributed by atoms with Crippen molar-refractivity contribution in [1.29, 1.82) is 0 Å². The summed E-state index contributed by atoms with van der Waals surface area (Å²) in [6.07, 6.45) is 7.22. The fourth-order valence-corrected chi connectivity index (χ4v) is 5.47. The SMILES string of the molecule is COc1cc(C2=CC3=Nc4ccc(CCOc5cc6ccccc6cn5)cc4NC(=O)C3CC2)ccc1-c1nnco1. The van der Waals surface area contributed by atoms with Gasteiger partial charge in [0.25, 0.3) is 5.89 Å². The summed E-state index contributed by atoms with van der Waals surface area (Å²) in [6.45, 7) is 0.468. The first kappa shape index (κ1) is 25.6. The van der Waals surface area contributed by atoms with Crippen LogP contribution in [0.15, 0.2) is 94.8 Å². The van der Waals surface area contributed by atoms with E-state index < -0.39 is 0 Å². The zero-order valence-corrected chi connectivity index (χ0v) is 22.9. The Balaban J connectivity index is 1.10. The van der Waals surface area contributed by atoms with Crippen molar-refractivity contribution in [3.8, 4) is 23.1 Å². The minimum atomic E-state index is -0.313. The van der Waals surface area contributed by atoms with Crippen LogP contribution in [0.1, 0.15) is 24.0 Å². The summed E-state index contributed by atoms with van der Waals surface area (Å²) in [6, 6.07) is 21.8. The van der Waals surface area contributed by atoms with Crippen LogP contribution in [0.4, 0.5) is 11.4 Å². The molecular formula is C33H27N5O4. The van der Waals surface area contributed by atoms with Gasteiger partial charge in [-0.2, -0.15) is 0 Å². The molecule has 0 radical (unpaired) electrons. The molecule has 0 saturated heterocycles. The Morgan fingerprint density at radius 3 is 2.81 bits per heavy atom. The highest BCUT2D eigenvalue weighted by atomic mass is 16.5. The first-order valence-electron chi connectivity index (χ1n) is 13.8. The molecule has 9 heteroatoms. The summed E-state index contributed by atoms with van der Waals surface area (Å²) in [5.41, 5.74) is 6.07. The molecule has 9 nitrogen and oxygen atoms in total. The maximum absolute atomic E-state index is 13.3. The molecule has 1 N–H and O–H groups in total. The number of carbonyl (C=O) groups is 1. The molecule has 208 valence electrons. The Morgan fingerprint density at radius 2 is 1.95 bits per heavy atom. The Morgan fingerprint density at radius 1 is 1.05 bits per heavy atom. The molecule has 1 aliphatic carbocycles. The molecular weight excluding hydrogens is 530 g/mol. The predicted octanol–water partition coefficient (Wildman–Crippen LogP) is 6.43. The number of anilines is 1. The van der Waals surface area contributed by atoms with Crippen LogP contribution in [-0.2, 0) is 11.2 Å². The number of ether oxygens (including phenoxy) is 2. The molecule has 1 aliphatic heterocycles. The summed E-state index contributed by atoms with van der Waals surface area (Å²) in [5, 5.41) is 13.0. The Kier molecular flexibility index (Phi) is 6.67. The van der Waals surface area contributed by atoms with Gasteiger partial charge in [0.05, 0.1) is 42.3 Å². The van der Waals surface area contributed by atoms with E-state index in [1.54, 1.807) is 7.11 Å². The number of allylic oxidation sites excluding steroid dienone is 2. The lowest BCUT2D eigenvalue weighted by Crippen LogP contribution is -2.29. The molecule has 0 saturated carbocycles. The summed E-state index contributed by atoms with van der Waals surface area (Å²) in [7, 11) is 1.61. The summed E-state index contributed by atoms with van der Waals surface area (Å²) >= 11 is 0. The van der Waals surface area contributed by atoms with Crippen molar-refractivity contribution in [3.63, 3.8) is 0 Å². The molecule has 0 fully saturated rings. The van der Waals surface area contributed by atoms with Gasteiger partial charge < -0.3 is 19.2 Å². The Bertz CT molecular complexity index is 1860. The highest BCUT2D eigenvalue weighted by Crippen LogP contribution is 2.38. The molecule has 42 heavy (non-hydrogen) atoms. The second-order valence-corrected chi connectivity index (χ2v) is 10.3. The van der Waals surface area contributed by atoms with Crippen LogP contribution < -0.4 is 14.8 Å². The number of methoxy groups -OCH3 is 1. The third kappa shape index (κ3) is 5.01. The average molecular weight is 558 g/mol. The molecule has 2 aromatic heterocycles. The smallest absolute Gasteiger partial charge is 0.251 e. The van der Waals surface area contributed by atoms with Gasteiger partial charge in [-0.3, -0.25) is 9.79 Å². The fraction of sp³-hybridized carbons (Fsp3) is 0.182. The summed E-state index contributed by atoms with van der Waals surface area (Å²) in [5.74, 6) is 1.27. The molecule has 0 spiro atoms. The fourth-order valence-electron chi connectivity index (χ4n) is 5.47. The van der Waals surface area contributed by atoms with Gasteiger partial charge in [-0.05, 0) is 65.3 Å². The van der Waals surface area contributed by atoms with E-state index in [2.05, 4.69) is 20.5 Å². The number of aromatic nitrogens is 3. The van der Waals surface area contributed by atoms with Gasteiger partial charge in [0.2, 0.25) is 18.2 Å². The molecule has 1 atom stereocenters. The van der Waals surface area contributed by atoms with Gasteiger partial charge in [-0.15, -0.1) is 10.2 Å². The van der Waals surface area contributed by atoms with E-state index in [0.29, 0.717) is 42.7 Å². The number of amides is 1. The average Bonchev–Trinajstić information content (AvgIpc) is 3.52. The third-order valence-corrected chi connectivity index (χ3v) is 7.68. The topological polar surface area (TPSA) is 112 Å². The van der Waals surface area contributed by atoms with E-state index >= 15 is 0 Å². The lowest BCUT2D eigenvalue weighted by Gasteiger charge is -2.22. The number of carbonyl (C=O) groups excluding carboxylic acids is 1. The van der Waals surface area contributed by atoms with Crippen LogP contribution in [-0.4, -0.2) is 40.5 Å². The highest BCUT2D eigenvalue weighted by Gasteiger charge is 2.31. The first-order chi connectivity index (χ1) is 20.6. The molecule has 5 aromatic rings. The van der Waals surface area contributed by atoms with Crippen LogP contribution in [0, 0.1) is 5.92 Å². The van der Waals surface area contributed by atoms with Crippen LogP contribution in [0.5, 0.6) is 11.6 Å². The number of fused-ring (bicyclic) bond motifs is 3. The maximum Gasteiger partial charge on any atom is 0.251 e. The normalized spacial score (nSPS) is 16.0. The first-order valence-corrected chi connectivity index (χ1v) is 13.8. The highest BCUT2D eigenvalue weighted by molar-refractivity contribution is 6.19. The number of nitrogens with zero attached hydrogens (tertiary/aromatic N) is 4. The van der Waals surface area contributed by atoms with Crippen LogP contribution in [0.2, 0.25) is 0 Å². The van der Waals surface area contributed by atoms with Crippen LogP contribution >= 0.6 is 0 Å². The quantitative estimate of drug-likeness (QED) is 0.245. The van der Waals surface area contributed by atoms with Gasteiger partial charge in [0.1, 0.15) is 5.75 Å². The minimum absolute atomic E-state index is 0.0408. The molecule has 3 heterocycles. The molecule has 3 aromatic carbocycles. The number of aliphatic imine (C=N–C) groups is 1. The maximum atomic E-state index is 13.3. The standard InChI is InChI=1S/C33H27N5O4/c1-40-30-16-23(8-10-26(30)33-38-35-19-42-33)22-7-9-25-28(15-22)36-27-11-6-20(14-29(27)37-32(25)39)12-13-41-31-17-21-4-2-3-5-24(21)18-34-31/h2-6,8,10-11,14-19,25H,7,9,12-13H2,1H3,(H,37,39). The van der Waals surface area contributed by atoms with Crippen LogP contribution in [0.25, 0.3) is 27.8 Å². The van der Waals surface area contributed by atoms with E-state index in [9.17, 15) is 4.79 Å². The second-order valence-electron chi connectivity index (χ2n) is 10.3. The van der Waals surface area contributed by atoms with Gasteiger partial charge in [0.15, 0.2) is 0 Å².